The number of hydrogen-bond acceptors (Lipinski definition) is 8. The molecule has 1 N–H and O–H groups in total. The number of carbonyl (C=O) groups excluding carboxylic acids is 2. The van der Waals surface area contributed by atoms with E-state index in [0.29, 0.717) is 27.3 Å². The van der Waals surface area contributed by atoms with Crippen molar-refractivity contribution in [2.75, 3.05) is 19.0 Å². The number of nitro groups is 1. The number of non-ortho nitro benzene ring substituents is 1. The molecule has 3 rings (SSSR count). The highest BCUT2D eigenvalue weighted by Gasteiger charge is 2.26. The summed E-state index contributed by atoms with van der Waals surface area (Å²) in [5, 5.41) is 23.4. The predicted molar refractivity (Wildman–Crippen MR) is 132 cm³/mol. The zero-order chi connectivity index (χ0) is 25.5. The Morgan fingerprint density at radius 1 is 1.17 bits per heavy atom. The van der Waals surface area contributed by atoms with Crippen LogP contribution in [-0.2, 0) is 9.53 Å². The Kier molecular flexibility index (Phi) is 7.96. The third kappa shape index (κ3) is 5.72. The second-order valence-corrected chi connectivity index (χ2v) is 8.38. The van der Waals surface area contributed by atoms with Gasteiger partial charge in [-0.2, -0.15) is 5.26 Å². The maximum Gasteiger partial charge on any atom is 0.341 e. The van der Waals surface area contributed by atoms with Gasteiger partial charge < -0.3 is 14.8 Å². The zero-order valence-electron chi connectivity index (χ0n) is 19.2. The summed E-state index contributed by atoms with van der Waals surface area (Å²) in [6, 6.07) is 14.4. The lowest BCUT2D eigenvalue weighted by Crippen LogP contribution is -2.16. The molecule has 0 bridgehead atoms. The Labute approximate surface area is 205 Å². The number of carbonyl (C=O) groups is 2. The van der Waals surface area contributed by atoms with Gasteiger partial charge in [0.15, 0.2) is 0 Å². The van der Waals surface area contributed by atoms with Gasteiger partial charge in [0.2, 0.25) is 0 Å². The van der Waals surface area contributed by atoms with Gasteiger partial charge in [0.05, 0.1) is 18.6 Å². The number of ether oxygens (including phenoxy) is 2. The van der Waals surface area contributed by atoms with Gasteiger partial charge in [-0.05, 0) is 55.3 Å². The van der Waals surface area contributed by atoms with Crippen LogP contribution in [0.3, 0.4) is 0 Å². The number of methoxy groups -OCH3 is 1. The summed E-state index contributed by atoms with van der Waals surface area (Å²) in [6.07, 6.45) is 1.43. The molecule has 1 aromatic heterocycles. The number of nitro benzene ring substituents is 1. The number of esters is 1. The number of nitriles is 1. The molecule has 178 valence electrons. The number of aryl methyl sites for hydroxylation is 1. The number of hydrogen-bond donors (Lipinski definition) is 1. The first-order valence-corrected chi connectivity index (χ1v) is 11.2. The fourth-order valence-electron chi connectivity index (χ4n) is 3.31. The molecule has 0 aliphatic rings. The van der Waals surface area contributed by atoms with Gasteiger partial charge in [-0.1, -0.05) is 12.1 Å². The van der Waals surface area contributed by atoms with Crippen molar-refractivity contribution >= 4 is 40.0 Å². The molecule has 0 saturated heterocycles. The molecule has 0 aliphatic heterocycles. The van der Waals surface area contributed by atoms with Gasteiger partial charge in [-0.3, -0.25) is 14.9 Å². The number of nitrogens with zero attached hydrogens (tertiary/aromatic N) is 2. The first-order valence-electron chi connectivity index (χ1n) is 10.4. The molecule has 0 unspecified atom stereocenters. The number of amides is 1. The minimum absolute atomic E-state index is 0.0878. The molecule has 0 saturated carbocycles. The van der Waals surface area contributed by atoms with Crippen molar-refractivity contribution in [1.82, 2.24) is 0 Å². The average Bonchev–Trinajstić information content (AvgIpc) is 3.18. The van der Waals surface area contributed by atoms with E-state index in [1.165, 1.54) is 37.5 Å². The van der Waals surface area contributed by atoms with Crippen LogP contribution in [0.2, 0.25) is 0 Å². The zero-order valence-corrected chi connectivity index (χ0v) is 20.0. The van der Waals surface area contributed by atoms with Crippen molar-refractivity contribution in [2.45, 2.75) is 13.8 Å². The number of thiophene rings is 1. The summed E-state index contributed by atoms with van der Waals surface area (Å²) in [5.74, 6) is -0.708. The Balaban J connectivity index is 2.00. The van der Waals surface area contributed by atoms with Gasteiger partial charge in [0.1, 0.15) is 28.0 Å². The van der Waals surface area contributed by atoms with Gasteiger partial charge in [0.25, 0.3) is 11.6 Å². The van der Waals surface area contributed by atoms with Crippen LogP contribution >= 0.6 is 11.3 Å². The normalized spacial score (nSPS) is 10.9. The molecule has 0 radical (unpaired) electrons. The minimum atomic E-state index is -0.689. The summed E-state index contributed by atoms with van der Waals surface area (Å²) < 4.78 is 10.3. The molecule has 3 aromatic rings. The van der Waals surface area contributed by atoms with E-state index < -0.39 is 16.8 Å². The van der Waals surface area contributed by atoms with Crippen molar-refractivity contribution in [3.8, 4) is 22.9 Å². The molecule has 2 aromatic carbocycles. The third-order valence-corrected chi connectivity index (χ3v) is 5.97. The minimum Gasteiger partial charge on any atom is -0.497 e. The van der Waals surface area contributed by atoms with Crippen molar-refractivity contribution in [2.24, 2.45) is 0 Å². The smallest absolute Gasteiger partial charge is 0.341 e. The predicted octanol–water partition coefficient (Wildman–Crippen LogP) is 5.36. The molecule has 1 amide bonds. The van der Waals surface area contributed by atoms with E-state index in [0.717, 1.165) is 11.3 Å². The highest BCUT2D eigenvalue weighted by Crippen LogP contribution is 2.41. The molecule has 0 fully saturated rings. The SMILES string of the molecule is CCOC(=O)c1c(NC(=O)C(C#N)=Cc2ccc(OC)cc2)sc(C)c1-c1ccc([N+](=O)[O-])cc1. The quantitative estimate of drug-likeness (QED) is 0.147. The summed E-state index contributed by atoms with van der Waals surface area (Å²) in [4.78, 5) is 37.0. The number of anilines is 1. The second-order valence-electron chi connectivity index (χ2n) is 7.16. The van der Waals surface area contributed by atoms with Gasteiger partial charge in [-0.15, -0.1) is 11.3 Å². The third-order valence-electron chi connectivity index (χ3n) is 4.95. The van der Waals surface area contributed by atoms with E-state index in [-0.39, 0.29) is 28.4 Å². The lowest BCUT2D eigenvalue weighted by atomic mass is 10.0. The van der Waals surface area contributed by atoms with E-state index in [4.69, 9.17) is 9.47 Å². The topological polar surface area (TPSA) is 132 Å². The number of rotatable bonds is 8. The summed E-state index contributed by atoms with van der Waals surface area (Å²) in [7, 11) is 1.54. The molecule has 9 nitrogen and oxygen atoms in total. The van der Waals surface area contributed by atoms with Gasteiger partial charge in [0, 0.05) is 22.6 Å². The Morgan fingerprint density at radius 3 is 2.37 bits per heavy atom. The maximum absolute atomic E-state index is 12.9. The van der Waals surface area contributed by atoms with E-state index >= 15 is 0 Å². The maximum atomic E-state index is 12.9. The molecule has 1 heterocycles. The van der Waals surface area contributed by atoms with Crippen molar-refractivity contribution in [3.63, 3.8) is 0 Å². The average molecular weight is 492 g/mol. The summed E-state index contributed by atoms with van der Waals surface area (Å²) in [5.41, 5.74) is 1.55. The van der Waals surface area contributed by atoms with Crippen LogP contribution in [0.15, 0.2) is 54.1 Å². The lowest BCUT2D eigenvalue weighted by Gasteiger charge is -2.09. The molecule has 35 heavy (non-hydrogen) atoms. The van der Waals surface area contributed by atoms with Crippen LogP contribution in [0, 0.1) is 28.4 Å². The van der Waals surface area contributed by atoms with E-state index in [2.05, 4.69) is 5.32 Å². The fraction of sp³-hybridized carbons (Fsp3) is 0.160. The summed E-state index contributed by atoms with van der Waals surface area (Å²) >= 11 is 1.15. The summed E-state index contributed by atoms with van der Waals surface area (Å²) in [6.45, 7) is 3.53. The number of benzene rings is 2. The van der Waals surface area contributed by atoms with Gasteiger partial charge >= 0.3 is 5.97 Å². The Hall–Kier alpha value is -4.49. The first-order chi connectivity index (χ1) is 16.8. The second kappa shape index (κ2) is 11.1. The number of nitrogens with one attached hydrogen (secondary N) is 1. The molecule has 10 heteroatoms. The van der Waals surface area contributed by atoms with E-state index in [9.17, 15) is 25.0 Å². The van der Waals surface area contributed by atoms with Crippen LogP contribution < -0.4 is 10.1 Å². The first kappa shape index (κ1) is 25.1. The van der Waals surface area contributed by atoms with E-state index in [1.807, 2.05) is 6.07 Å². The van der Waals surface area contributed by atoms with Crippen LogP contribution in [0.25, 0.3) is 17.2 Å². The Morgan fingerprint density at radius 2 is 1.83 bits per heavy atom. The van der Waals surface area contributed by atoms with Crippen LogP contribution in [-0.4, -0.2) is 30.5 Å². The van der Waals surface area contributed by atoms with Crippen LogP contribution in [0.1, 0.15) is 27.7 Å². The molecular weight excluding hydrogens is 470 g/mol. The highest BCUT2D eigenvalue weighted by molar-refractivity contribution is 7.17. The lowest BCUT2D eigenvalue weighted by molar-refractivity contribution is -0.384. The largest absolute Gasteiger partial charge is 0.497 e. The standard InChI is InChI=1S/C25H21N3O6S/c1-4-34-25(30)22-21(17-7-9-19(10-8-17)28(31)32)15(2)35-24(22)27-23(29)18(14-26)13-16-5-11-20(33-3)12-6-16/h5-13H,4H2,1-3H3,(H,27,29). The molecule has 0 spiro atoms. The van der Waals surface area contributed by atoms with Crippen LogP contribution in [0.5, 0.6) is 5.75 Å². The monoisotopic (exact) mass is 491 g/mol. The molecule has 0 aliphatic carbocycles. The molecule has 0 atom stereocenters. The highest BCUT2D eigenvalue weighted by atomic mass is 32.1. The van der Waals surface area contributed by atoms with Crippen molar-refractivity contribution in [3.05, 3.63) is 80.2 Å². The Bertz CT molecular complexity index is 1340. The molecular formula is C25H21N3O6S. The van der Waals surface area contributed by atoms with Crippen molar-refractivity contribution in [1.29, 1.82) is 5.26 Å². The van der Waals surface area contributed by atoms with E-state index in [1.54, 1.807) is 38.1 Å². The van der Waals surface area contributed by atoms with Crippen molar-refractivity contribution < 1.29 is 24.0 Å². The van der Waals surface area contributed by atoms with Crippen LogP contribution in [0.4, 0.5) is 10.7 Å². The van der Waals surface area contributed by atoms with Gasteiger partial charge in [-0.25, -0.2) is 4.79 Å². The fourth-order valence-corrected chi connectivity index (χ4v) is 4.37.